The van der Waals surface area contributed by atoms with Crippen molar-refractivity contribution in [2.45, 2.75) is 13.5 Å². The molecule has 0 radical (unpaired) electrons. The van der Waals surface area contributed by atoms with Gasteiger partial charge in [-0.2, -0.15) is 0 Å². The number of phenols is 1. The molecule has 0 spiro atoms. The topological polar surface area (TPSA) is 53.0 Å². The van der Waals surface area contributed by atoms with Gasteiger partial charge in [-0.25, -0.2) is 0 Å². The first kappa shape index (κ1) is 17.3. The Labute approximate surface area is 148 Å². The largest absolute Gasteiger partial charge is 0.506 e. The van der Waals surface area contributed by atoms with Crippen molar-refractivity contribution in [1.82, 2.24) is 4.90 Å². The Balaban J connectivity index is 1.67. The Morgan fingerprint density at radius 1 is 1.12 bits per heavy atom. The Hall–Kier alpha value is -2.53. The Morgan fingerprint density at radius 2 is 1.84 bits per heavy atom. The van der Waals surface area contributed by atoms with Crippen LogP contribution in [0.2, 0.25) is 0 Å². The van der Waals surface area contributed by atoms with Crippen molar-refractivity contribution in [2.75, 3.05) is 38.2 Å². The number of ether oxygens (including phenoxy) is 1. The monoisotopic (exact) mass is 340 g/mol. The van der Waals surface area contributed by atoms with E-state index < -0.39 is 0 Å². The lowest BCUT2D eigenvalue weighted by Gasteiger charge is -2.36. The smallest absolute Gasteiger partial charge is 0.159 e. The molecule has 0 atom stereocenters. The van der Waals surface area contributed by atoms with E-state index in [9.17, 15) is 9.90 Å². The Kier molecular flexibility index (Phi) is 5.24. The third-order valence-corrected chi connectivity index (χ3v) is 4.68. The minimum Gasteiger partial charge on any atom is -0.506 e. The number of carbonyl (C=O) groups excluding carboxylic acids is 1. The van der Waals surface area contributed by atoms with E-state index in [1.807, 2.05) is 30.3 Å². The maximum atomic E-state index is 11.6. The lowest BCUT2D eigenvalue weighted by molar-refractivity contribution is 0.101. The van der Waals surface area contributed by atoms with Crippen molar-refractivity contribution in [3.05, 3.63) is 53.6 Å². The fourth-order valence-corrected chi connectivity index (χ4v) is 3.24. The average Bonchev–Trinajstić information content (AvgIpc) is 2.63. The second-order valence-electron chi connectivity index (χ2n) is 6.33. The zero-order valence-electron chi connectivity index (χ0n) is 14.7. The summed E-state index contributed by atoms with van der Waals surface area (Å²) in [5.74, 6) is 1.20. The van der Waals surface area contributed by atoms with Gasteiger partial charge in [-0.05, 0) is 37.3 Å². The van der Waals surface area contributed by atoms with E-state index >= 15 is 0 Å². The maximum absolute atomic E-state index is 11.6. The molecule has 0 unspecified atom stereocenters. The first-order chi connectivity index (χ1) is 12.1. The van der Waals surface area contributed by atoms with Gasteiger partial charge in [0, 0.05) is 43.9 Å². The summed E-state index contributed by atoms with van der Waals surface area (Å²) in [6.07, 6.45) is 0. The normalized spacial score (nSPS) is 15.2. The van der Waals surface area contributed by atoms with E-state index in [1.54, 1.807) is 26.2 Å². The molecule has 1 fully saturated rings. The number of nitrogens with zero attached hydrogens (tertiary/aromatic N) is 2. The molecule has 1 N–H and O–H groups in total. The van der Waals surface area contributed by atoms with Gasteiger partial charge in [0.15, 0.2) is 5.78 Å². The Morgan fingerprint density at radius 3 is 2.48 bits per heavy atom. The molecular formula is C20H24N2O3. The van der Waals surface area contributed by atoms with Crippen molar-refractivity contribution in [3.8, 4) is 11.5 Å². The van der Waals surface area contributed by atoms with Crippen molar-refractivity contribution in [2.24, 2.45) is 0 Å². The zero-order valence-corrected chi connectivity index (χ0v) is 14.7. The van der Waals surface area contributed by atoms with E-state index in [2.05, 4.69) is 9.80 Å². The predicted octanol–water partition coefficient (Wildman–Crippen LogP) is 2.93. The number of aromatic hydroxyl groups is 1. The fourth-order valence-electron chi connectivity index (χ4n) is 3.24. The molecule has 2 aromatic carbocycles. The van der Waals surface area contributed by atoms with Crippen LogP contribution in [0.4, 0.5) is 5.69 Å². The summed E-state index contributed by atoms with van der Waals surface area (Å²) in [6.45, 7) is 5.82. The number of Topliss-reactive ketones (excluding diaryl/α,β-unsaturated/α-hetero) is 1. The number of ketones is 1. The van der Waals surface area contributed by atoms with Crippen LogP contribution in [0.25, 0.3) is 0 Å². The molecule has 0 aromatic heterocycles. The average molecular weight is 340 g/mol. The number of para-hydroxylation sites is 2. The molecule has 25 heavy (non-hydrogen) atoms. The maximum Gasteiger partial charge on any atom is 0.159 e. The van der Waals surface area contributed by atoms with Gasteiger partial charge >= 0.3 is 0 Å². The predicted molar refractivity (Wildman–Crippen MR) is 98.6 cm³/mol. The van der Waals surface area contributed by atoms with Gasteiger partial charge in [-0.15, -0.1) is 0 Å². The number of methoxy groups -OCH3 is 1. The van der Waals surface area contributed by atoms with Crippen molar-refractivity contribution in [3.63, 3.8) is 0 Å². The van der Waals surface area contributed by atoms with Gasteiger partial charge in [0.25, 0.3) is 0 Å². The van der Waals surface area contributed by atoms with E-state index in [4.69, 9.17) is 4.74 Å². The highest BCUT2D eigenvalue weighted by atomic mass is 16.5. The zero-order chi connectivity index (χ0) is 17.8. The van der Waals surface area contributed by atoms with E-state index in [-0.39, 0.29) is 5.78 Å². The molecular weight excluding hydrogens is 316 g/mol. The second-order valence-corrected chi connectivity index (χ2v) is 6.33. The van der Waals surface area contributed by atoms with Crippen LogP contribution >= 0.6 is 0 Å². The van der Waals surface area contributed by atoms with Crippen molar-refractivity contribution >= 4 is 11.5 Å². The molecule has 2 aromatic rings. The minimum absolute atomic E-state index is 0.0632. The summed E-state index contributed by atoms with van der Waals surface area (Å²) in [7, 11) is 1.66. The molecule has 1 saturated heterocycles. The number of anilines is 1. The minimum atomic E-state index is 0.0632. The molecule has 1 aliphatic heterocycles. The number of benzene rings is 2. The Bertz CT molecular complexity index is 752. The third-order valence-electron chi connectivity index (χ3n) is 4.68. The fraction of sp³-hybridized carbons (Fsp3) is 0.350. The number of hydrogen-bond acceptors (Lipinski definition) is 5. The highest BCUT2D eigenvalue weighted by molar-refractivity contribution is 5.94. The van der Waals surface area contributed by atoms with Gasteiger partial charge in [-0.1, -0.05) is 12.1 Å². The lowest BCUT2D eigenvalue weighted by Crippen LogP contribution is -2.46. The van der Waals surface area contributed by atoms with Crippen LogP contribution in [0.1, 0.15) is 22.8 Å². The molecule has 0 aliphatic carbocycles. The molecule has 5 heteroatoms. The summed E-state index contributed by atoms with van der Waals surface area (Å²) in [5, 5.41) is 10.0. The van der Waals surface area contributed by atoms with Crippen LogP contribution in [0, 0.1) is 0 Å². The standard InChI is InChI=1S/C20H24N2O3/c1-15(23)16-7-8-20(25-2)17(13-16)14-21-9-11-22(12-10-21)18-5-3-4-6-19(18)24/h3-8,13,24H,9-12,14H2,1-2H3. The first-order valence-electron chi connectivity index (χ1n) is 8.51. The number of piperazine rings is 1. The highest BCUT2D eigenvalue weighted by Crippen LogP contribution is 2.28. The van der Waals surface area contributed by atoms with Crippen molar-refractivity contribution < 1.29 is 14.6 Å². The van der Waals surface area contributed by atoms with E-state index in [0.717, 1.165) is 49.7 Å². The van der Waals surface area contributed by atoms with E-state index in [0.29, 0.717) is 11.3 Å². The first-order valence-corrected chi connectivity index (χ1v) is 8.51. The summed E-state index contributed by atoms with van der Waals surface area (Å²) in [6, 6.07) is 13.1. The van der Waals surface area contributed by atoms with Crippen molar-refractivity contribution in [1.29, 1.82) is 0 Å². The molecule has 5 nitrogen and oxygen atoms in total. The number of rotatable bonds is 5. The lowest BCUT2D eigenvalue weighted by atomic mass is 10.1. The van der Waals surface area contributed by atoms with Gasteiger partial charge in [0.2, 0.25) is 0 Å². The second kappa shape index (κ2) is 7.57. The van der Waals surface area contributed by atoms with E-state index in [1.165, 1.54) is 0 Å². The molecule has 1 aliphatic rings. The molecule has 0 saturated carbocycles. The number of phenolic OH excluding ortho intramolecular Hbond substituents is 1. The van der Waals surface area contributed by atoms with Crippen LogP contribution in [0.5, 0.6) is 11.5 Å². The quantitative estimate of drug-likeness (QED) is 0.848. The third kappa shape index (κ3) is 3.94. The summed E-state index contributed by atoms with van der Waals surface area (Å²) in [5.41, 5.74) is 2.63. The SMILES string of the molecule is COc1ccc(C(C)=O)cc1CN1CCN(c2ccccc2O)CC1. The summed E-state index contributed by atoms with van der Waals surface area (Å²) < 4.78 is 5.45. The molecule has 0 bridgehead atoms. The van der Waals surface area contributed by atoms with Crippen LogP contribution in [-0.2, 0) is 6.54 Å². The summed E-state index contributed by atoms with van der Waals surface area (Å²) in [4.78, 5) is 16.2. The van der Waals surface area contributed by atoms with Crippen LogP contribution in [0.15, 0.2) is 42.5 Å². The van der Waals surface area contributed by atoms with Crippen LogP contribution < -0.4 is 9.64 Å². The number of hydrogen-bond donors (Lipinski definition) is 1. The summed E-state index contributed by atoms with van der Waals surface area (Å²) >= 11 is 0. The van der Waals surface area contributed by atoms with Crippen LogP contribution in [0.3, 0.4) is 0 Å². The molecule has 1 heterocycles. The highest BCUT2D eigenvalue weighted by Gasteiger charge is 2.20. The molecule has 3 rings (SSSR count). The van der Waals surface area contributed by atoms with Gasteiger partial charge in [0.1, 0.15) is 11.5 Å². The molecule has 0 amide bonds. The van der Waals surface area contributed by atoms with Crippen LogP contribution in [-0.4, -0.2) is 49.1 Å². The molecule has 132 valence electrons. The number of carbonyl (C=O) groups is 1. The van der Waals surface area contributed by atoms with Gasteiger partial charge in [-0.3, -0.25) is 9.69 Å². The van der Waals surface area contributed by atoms with Gasteiger partial charge in [0.05, 0.1) is 12.8 Å². The van der Waals surface area contributed by atoms with Gasteiger partial charge < -0.3 is 14.7 Å².